The molecule has 2 heterocycles. The number of anilines is 1. The van der Waals surface area contributed by atoms with E-state index in [0.717, 1.165) is 27.6 Å². The molecule has 0 unspecified atom stereocenters. The molecule has 4 rings (SSSR count). The van der Waals surface area contributed by atoms with Gasteiger partial charge >= 0.3 is 0 Å². The van der Waals surface area contributed by atoms with E-state index in [4.69, 9.17) is 32.4 Å². The smallest absolute Gasteiger partial charge is 0.248 e. The van der Waals surface area contributed by atoms with Crippen LogP contribution in [-0.2, 0) is 4.79 Å². The first kappa shape index (κ1) is 21.0. The number of nitrogens with zero attached hydrogens (tertiary/aromatic N) is 1. The Morgan fingerprint density at radius 2 is 1.94 bits per heavy atom. The first-order valence-corrected chi connectivity index (χ1v) is 10.2. The lowest BCUT2D eigenvalue weighted by Crippen LogP contribution is -2.09. The fourth-order valence-electron chi connectivity index (χ4n) is 3.31. The zero-order valence-corrected chi connectivity index (χ0v) is 18.3. The summed E-state index contributed by atoms with van der Waals surface area (Å²) in [5.74, 6) is 0.283. The quantitative estimate of drug-likeness (QED) is 0.265. The lowest BCUT2D eigenvalue weighted by Gasteiger charge is -2.10. The van der Waals surface area contributed by atoms with Gasteiger partial charge in [-0.15, -0.1) is 0 Å². The molecule has 0 fully saturated rings. The SMILES string of the molecule is COc1cc2occ(-c3ccc(Cl)cc3)c2cc1/C(C)=C/C(=O)Nc1cccnc1Cl. The minimum atomic E-state index is -0.320. The van der Waals surface area contributed by atoms with Crippen LogP contribution in [0.4, 0.5) is 5.69 Å². The van der Waals surface area contributed by atoms with Crippen molar-refractivity contribution in [2.75, 3.05) is 12.4 Å². The van der Waals surface area contributed by atoms with Crippen molar-refractivity contribution >= 4 is 51.3 Å². The van der Waals surface area contributed by atoms with Gasteiger partial charge in [-0.25, -0.2) is 4.98 Å². The molecule has 0 aliphatic rings. The number of furan rings is 1. The van der Waals surface area contributed by atoms with Crippen LogP contribution in [0.15, 0.2) is 71.5 Å². The normalized spacial score (nSPS) is 11.5. The molecule has 4 aromatic rings. The molecule has 156 valence electrons. The van der Waals surface area contributed by atoms with Crippen molar-refractivity contribution in [1.29, 1.82) is 0 Å². The van der Waals surface area contributed by atoms with Crippen molar-refractivity contribution in [1.82, 2.24) is 4.98 Å². The number of carbonyl (C=O) groups excluding carboxylic acids is 1. The summed E-state index contributed by atoms with van der Waals surface area (Å²) in [4.78, 5) is 16.5. The minimum Gasteiger partial charge on any atom is -0.496 e. The van der Waals surface area contributed by atoms with Crippen LogP contribution in [0.2, 0.25) is 10.2 Å². The first-order chi connectivity index (χ1) is 15.0. The highest BCUT2D eigenvalue weighted by atomic mass is 35.5. The van der Waals surface area contributed by atoms with Gasteiger partial charge in [-0.3, -0.25) is 4.79 Å². The number of nitrogens with one attached hydrogen (secondary N) is 1. The van der Waals surface area contributed by atoms with E-state index in [2.05, 4.69) is 10.3 Å². The molecule has 1 amide bonds. The number of halogens is 2. The standard InChI is InChI=1S/C24H18Cl2N2O3/c1-14(10-23(29)28-20-4-3-9-27-24(20)26)17-11-18-19(15-5-7-16(25)8-6-15)13-31-22(18)12-21(17)30-2/h3-13H,1-2H3,(H,28,29)/b14-10+. The Morgan fingerprint density at radius 3 is 2.65 bits per heavy atom. The molecule has 0 bridgehead atoms. The zero-order chi connectivity index (χ0) is 22.0. The third-order valence-corrected chi connectivity index (χ3v) is 5.39. The molecule has 0 saturated carbocycles. The summed E-state index contributed by atoms with van der Waals surface area (Å²) in [5.41, 5.74) is 4.53. The molecule has 0 radical (unpaired) electrons. The van der Waals surface area contributed by atoms with Crippen LogP contribution in [0, 0.1) is 0 Å². The second-order valence-corrected chi connectivity index (χ2v) is 7.66. The van der Waals surface area contributed by atoms with Gasteiger partial charge in [0, 0.05) is 39.9 Å². The van der Waals surface area contributed by atoms with E-state index >= 15 is 0 Å². The van der Waals surface area contributed by atoms with Gasteiger partial charge in [0.25, 0.3) is 0 Å². The van der Waals surface area contributed by atoms with E-state index in [1.165, 1.54) is 6.08 Å². The Kier molecular flexibility index (Phi) is 5.98. The van der Waals surface area contributed by atoms with Gasteiger partial charge in [0.15, 0.2) is 5.15 Å². The van der Waals surface area contributed by atoms with Gasteiger partial charge in [-0.1, -0.05) is 35.3 Å². The second kappa shape index (κ2) is 8.84. The number of aromatic nitrogens is 1. The third kappa shape index (κ3) is 4.43. The number of carbonyl (C=O) groups is 1. The summed E-state index contributed by atoms with van der Waals surface area (Å²) >= 11 is 12.0. The molecule has 1 N–H and O–H groups in total. The predicted molar refractivity (Wildman–Crippen MR) is 125 cm³/mol. The minimum absolute atomic E-state index is 0.229. The molecular formula is C24H18Cl2N2O3. The Bertz CT molecular complexity index is 1290. The summed E-state index contributed by atoms with van der Waals surface area (Å²) in [7, 11) is 1.58. The van der Waals surface area contributed by atoms with Gasteiger partial charge < -0.3 is 14.5 Å². The van der Waals surface area contributed by atoms with Crippen LogP contribution in [-0.4, -0.2) is 18.0 Å². The molecule has 0 spiro atoms. The number of hydrogen-bond acceptors (Lipinski definition) is 4. The maximum atomic E-state index is 12.5. The van der Waals surface area contributed by atoms with Crippen LogP contribution in [0.3, 0.4) is 0 Å². The topological polar surface area (TPSA) is 64.4 Å². The number of amides is 1. The molecule has 7 heteroatoms. The summed E-state index contributed by atoms with van der Waals surface area (Å²) in [5, 5.41) is 4.54. The molecule has 0 aliphatic heterocycles. The first-order valence-electron chi connectivity index (χ1n) is 9.41. The molecule has 2 aromatic heterocycles. The monoisotopic (exact) mass is 452 g/mol. The van der Waals surface area contributed by atoms with Gasteiger partial charge in [-0.2, -0.15) is 0 Å². The molecule has 2 aromatic carbocycles. The number of rotatable bonds is 5. The fraction of sp³-hybridized carbons (Fsp3) is 0.0833. The predicted octanol–water partition coefficient (Wildman–Crippen LogP) is 6.85. The highest BCUT2D eigenvalue weighted by molar-refractivity contribution is 6.32. The van der Waals surface area contributed by atoms with E-state index in [1.807, 2.05) is 43.3 Å². The lowest BCUT2D eigenvalue weighted by atomic mass is 9.99. The molecule has 5 nitrogen and oxygen atoms in total. The molecule has 0 aliphatic carbocycles. The van der Waals surface area contributed by atoms with Crippen molar-refractivity contribution in [2.24, 2.45) is 0 Å². The number of hydrogen-bond donors (Lipinski definition) is 1. The van der Waals surface area contributed by atoms with Crippen molar-refractivity contribution in [3.63, 3.8) is 0 Å². The van der Waals surface area contributed by atoms with Gasteiger partial charge in [0.2, 0.25) is 5.91 Å². The number of ether oxygens (including phenoxy) is 1. The largest absolute Gasteiger partial charge is 0.496 e. The number of fused-ring (bicyclic) bond motifs is 1. The number of allylic oxidation sites excluding steroid dienone is 1. The maximum Gasteiger partial charge on any atom is 0.248 e. The average Bonchev–Trinajstić information content (AvgIpc) is 3.17. The van der Waals surface area contributed by atoms with Crippen molar-refractivity contribution in [3.05, 3.63) is 82.8 Å². The molecule has 31 heavy (non-hydrogen) atoms. The summed E-state index contributed by atoms with van der Waals surface area (Å²) in [6.07, 6.45) is 4.75. The molecular weight excluding hydrogens is 435 g/mol. The Morgan fingerprint density at radius 1 is 1.16 bits per heavy atom. The highest BCUT2D eigenvalue weighted by Gasteiger charge is 2.15. The van der Waals surface area contributed by atoms with E-state index < -0.39 is 0 Å². The van der Waals surface area contributed by atoms with Crippen molar-refractivity contribution < 1.29 is 13.9 Å². The fourth-order valence-corrected chi connectivity index (χ4v) is 3.60. The molecule has 0 saturated heterocycles. The Labute approximate surface area is 189 Å². The lowest BCUT2D eigenvalue weighted by molar-refractivity contribution is -0.111. The van der Waals surface area contributed by atoms with Crippen LogP contribution in [0.1, 0.15) is 12.5 Å². The zero-order valence-electron chi connectivity index (χ0n) is 16.8. The van der Waals surface area contributed by atoms with Crippen molar-refractivity contribution in [3.8, 4) is 16.9 Å². The number of pyridine rings is 1. The van der Waals surface area contributed by atoms with Crippen LogP contribution >= 0.6 is 23.2 Å². The van der Waals surface area contributed by atoms with Crippen LogP contribution in [0.25, 0.3) is 27.7 Å². The average molecular weight is 453 g/mol. The Hall–Kier alpha value is -3.28. The van der Waals surface area contributed by atoms with E-state index in [0.29, 0.717) is 22.0 Å². The number of methoxy groups -OCH3 is 1. The summed E-state index contributed by atoms with van der Waals surface area (Å²) in [6.45, 7) is 1.84. The number of benzene rings is 2. The third-order valence-electron chi connectivity index (χ3n) is 4.84. The van der Waals surface area contributed by atoms with E-state index in [1.54, 1.807) is 31.7 Å². The second-order valence-electron chi connectivity index (χ2n) is 6.86. The molecule has 0 atom stereocenters. The maximum absolute atomic E-state index is 12.5. The summed E-state index contributed by atoms with van der Waals surface area (Å²) < 4.78 is 11.3. The van der Waals surface area contributed by atoms with E-state index in [9.17, 15) is 4.79 Å². The Balaban J connectivity index is 1.72. The van der Waals surface area contributed by atoms with Gasteiger partial charge in [0.05, 0.1) is 19.1 Å². The van der Waals surface area contributed by atoms with Crippen LogP contribution < -0.4 is 10.1 Å². The van der Waals surface area contributed by atoms with Gasteiger partial charge in [0.1, 0.15) is 11.3 Å². The van der Waals surface area contributed by atoms with Crippen molar-refractivity contribution in [2.45, 2.75) is 6.92 Å². The van der Waals surface area contributed by atoms with Gasteiger partial charge in [-0.05, 0) is 48.4 Å². The van der Waals surface area contributed by atoms with Crippen LogP contribution in [0.5, 0.6) is 5.75 Å². The van der Waals surface area contributed by atoms with E-state index in [-0.39, 0.29) is 11.1 Å². The summed E-state index contributed by atoms with van der Waals surface area (Å²) in [6, 6.07) is 14.7. The highest BCUT2D eigenvalue weighted by Crippen LogP contribution is 2.37.